The molecular formula is C12H21F2N5O2. The molecule has 1 atom stereocenters. The number of rotatable bonds is 9. The van der Waals surface area contributed by atoms with Crippen LogP contribution in [0.3, 0.4) is 0 Å². The first kappa shape index (κ1) is 17.3. The minimum atomic E-state index is -2.83. The molecule has 0 aliphatic heterocycles. The highest BCUT2D eigenvalue weighted by molar-refractivity contribution is 5.35. The van der Waals surface area contributed by atoms with Gasteiger partial charge in [-0.05, 0) is 20.3 Å². The fourth-order valence-corrected chi connectivity index (χ4v) is 1.30. The molecule has 0 aromatic carbocycles. The average molecular weight is 305 g/mol. The van der Waals surface area contributed by atoms with Crippen molar-refractivity contribution in [2.75, 3.05) is 23.7 Å². The van der Waals surface area contributed by atoms with E-state index in [-0.39, 0.29) is 30.6 Å². The van der Waals surface area contributed by atoms with E-state index in [0.29, 0.717) is 6.54 Å². The first-order valence-corrected chi connectivity index (χ1v) is 6.79. The fraction of sp³-hybridized carbons (Fsp3) is 0.750. The minimum absolute atomic E-state index is 0.0685. The lowest BCUT2D eigenvalue weighted by Gasteiger charge is -2.13. The summed E-state index contributed by atoms with van der Waals surface area (Å²) < 4.78 is 29.9. The van der Waals surface area contributed by atoms with Crippen molar-refractivity contribution in [2.45, 2.75) is 45.8 Å². The lowest BCUT2D eigenvalue weighted by molar-refractivity contribution is 0.00376. The molecule has 0 bridgehead atoms. The quantitative estimate of drug-likeness (QED) is 0.637. The van der Waals surface area contributed by atoms with Gasteiger partial charge < -0.3 is 20.5 Å². The molecule has 0 saturated heterocycles. The topological polar surface area (TPSA) is 92.2 Å². The summed E-state index contributed by atoms with van der Waals surface area (Å²) in [6.07, 6.45) is -3.88. The predicted octanol–water partition coefficient (Wildman–Crippen LogP) is 1.52. The van der Waals surface area contributed by atoms with Crippen LogP contribution in [0.2, 0.25) is 0 Å². The van der Waals surface area contributed by atoms with E-state index in [9.17, 15) is 8.78 Å². The third kappa shape index (κ3) is 6.48. The van der Waals surface area contributed by atoms with Crippen molar-refractivity contribution in [1.29, 1.82) is 0 Å². The number of ether oxygens (including phenoxy) is 1. The molecule has 0 aliphatic carbocycles. The third-order valence-corrected chi connectivity index (χ3v) is 2.25. The number of nitrogens with one attached hydrogen (secondary N) is 2. The Kier molecular flexibility index (Phi) is 7.00. The summed E-state index contributed by atoms with van der Waals surface area (Å²) in [6.45, 7) is 5.91. The van der Waals surface area contributed by atoms with Gasteiger partial charge in [0.1, 0.15) is 6.10 Å². The van der Waals surface area contributed by atoms with Crippen LogP contribution in [0.15, 0.2) is 0 Å². The largest absolute Gasteiger partial charge is 0.461 e. The first-order chi connectivity index (χ1) is 9.92. The van der Waals surface area contributed by atoms with Crippen LogP contribution in [0.25, 0.3) is 0 Å². The number of aliphatic hydroxyl groups is 1. The number of aliphatic hydroxyl groups excluding tert-OH is 1. The summed E-state index contributed by atoms with van der Waals surface area (Å²) in [4.78, 5) is 12.1. The number of alkyl halides is 2. The smallest absolute Gasteiger partial charge is 0.323 e. The van der Waals surface area contributed by atoms with Crippen molar-refractivity contribution in [2.24, 2.45) is 0 Å². The molecule has 3 N–H and O–H groups in total. The summed E-state index contributed by atoms with van der Waals surface area (Å²) in [5.74, 6) is 0.357. The second-order valence-electron chi connectivity index (χ2n) is 4.64. The van der Waals surface area contributed by atoms with E-state index in [4.69, 9.17) is 9.84 Å². The molecule has 0 radical (unpaired) electrons. The maximum absolute atomic E-state index is 12.2. The summed E-state index contributed by atoms with van der Waals surface area (Å²) in [5.41, 5.74) is 0. The molecule has 1 unspecified atom stereocenters. The van der Waals surface area contributed by atoms with E-state index < -0.39 is 12.5 Å². The van der Waals surface area contributed by atoms with Crippen molar-refractivity contribution < 1.29 is 18.6 Å². The van der Waals surface area contributed by atoms with Crippen LogP contribution >= 0.6 is 0 Å². The number of hydrogen-bond acceptors (Lipinski definition) is 7. The van der Waals surface area contributed by atoms with Crippen LogP contribution in [0.5, 0.6) is 6.01 Å². The lowest BCUT2D eigenvalue weighted by atomic mass is 10.4. The van der Waals surface area contributed by atoms with Crippen molar-refractivity contribution in [3.05, 3.63) is 0 Å². The number of hydrogen-bond donors (Lipinski definition) is 3. The molecule has 120 valence electrons. The van der Waals surface area contributed by atoms with Gasteiger partial charge in [0, 0.05) is 13.1 Å². The summed E-state index contributed by atoms with van der Waals surface area (Å²) in [7, 11) is 0. The molecule has 9 heteroatoms. The van der Waals surface area contributed by atoms with Crippen molar-refractivity contribution in [3.63, 3.8) is 0 Å². The second kappa shape index (κ2) is 8.50. The predicted molar refractivity (Wildman–Crippen MR) is 74.9 cm³/mol. The van der Waals surface area contributed by atoms with Gasteiger partial charge in [-0.15, -0.1) is 0 Å². The molecule has 0 fully saturated rings. The molecule has 1 rings (SSSR count). The summed E-state index contributed by atoms with van der Waals surface area (Å²) in [5, 5.41) is 14.6. The van der Waals surface area contributed by atoms with Crippen LogP contribution in [-0.4, -0.2) is 51.8 Å². The van der Waals surface area contributed by atoms with Crippen LogP contribution in [0.4, 0.5) is 20.7 Å². The van der Waals surface area contributed by atoms with Crippen molar-refractivity contribution in [1.82, 2.24) is 15.0 Å². The Labute approximate surface area is 122 Å². The van der Waals surface area contributed by atoms with E-state index in [1.807, 2.05) is 20.8 Å². The second-order valence-corrected chi connectivity index (χ2v) is 4.64. The molecule has 0 aliphatic rings. The van der Waals surface area contributed by atoms with Crippen LogP contribution < -0.4 is 15.4 Å². The molecule has 0 saturated carbocycles. The van der Waals surface area contributed by atoms with Gasteiger partial charge in [0.2, 0.25) is 11.9 Å². The number of anilines is 2. The Morgan fingerprint density at radius 3 is 2.29 bits per heavy atom. The zero-order chi connectivity index (χ0) is 15.8. The highest BCUT2D eigenvalue weighted by Crippen LogP contribution is 2.13. The van der Waals surface area contributed by atoms with E-state index in [1.165, 1.54) is 0 Å². The summed E-state index contributed by atoms with van der Waals surface area (Å²) in [6, 6.07) is 0.0904. The first-order valence-electron chi connectivity index (χ1n) is 6.79. The van der Waals surface area contributed by atoms with Gasteiger partial charge in [-0.1, -0.05) is 6.92 Å². The van der Waals surface area contributed by atoms with Gasteiger partial charge in [-0.25, -0.2) is 8.78 Å². The van der Waals surface area contributed by atoms with Crippen LogP contribution in [0, 0.1) is 0 Å². The van der Waals surface area contributed by atoms with Gasteiger partial charge >= 0.3 is 6.01 Å². The minimum Gasteiger partial charge on any atom is -0.461 e. The Hall–Kier alpha value is -1.77. The molecule has 1 aromatic heterocycles. The molecule has 0 spiro atoms. The Bertz CT molecular complexity index is 434. The lowest BCUT2D eigenvalue weighted by Crippen LogP contribution is -2.27. The van der Waals surface area contributed by atoms with Crippen molar-refractivity contribution >= 4 is 11.9 Å². The summed E-state index contributed by atoms with van der Waals surface area (Å²) >= 11 is 0. The highest BCUT2D eigenvalue weighted by Gasteiger charge is 2.17. The van der Waals surface area contributed by atoms with Gasteiger partial charge in [-0.2, -0.15) is 15.0 Å². The molecule has 1 aromatic rings. The average Bonchev–Trinajstić information content (AvgIpc) is 2.41. The maximum atomic E-state index is 12.2. The standard InChI is InChI=1S/C12H21F2N5O2/c1-4-5-15-10-17-11(16-6-8(20)9(13)14)19-12(18-10)21-7(2)3/h7-9,20H,4-6H2,1-3H3,(H2,15,16,17,18,19). The van der Waals surface area contributed by atoms with Gasteiger partial charge in [0.15, 0.2) is 0 Å². The van der Waals surface area contributed by atoms with Gasteiger partial charge in [-0.3, -0.25) is 0 Å². The Morgan fingerprint density at radius 2 is 1.76 bits per heavy atom. The van der Waals surface area contributed by atoms with Crippen LogP contribution in [-0.2, 0) is 0 Å². The highest BCUT2D eigenvalue weighted by atomic mass is 19.3. The molecule has 21 heavy (non-hydrogen) atoms. The third-order valence-electron chi connectivity index (χ3n) is 2.25. The van der Waals surface area contributed by atoms with Crippen molar-refractivity contribution in [3.8, 4) is 6.01 Å². The van der Waals surface area contributed by atoms with E-state index >= 15 is 0 Å². The number of aromatic nitrogens is 3. The Morgan fingerprint density at radius 1 is 1.14 bits per heavy atom. The molecule has 7 nitrogen and oxygen atoms in total. The SMILES string of the molecule is CCCNc1nc(NCC(O)C(F)F)nc(OC(C)C)n1. The monoisotopic (exact) mass is 305 g/mol. The van der Waals surface area contributed by atoms with E-state index in [1.54, 1.807) is 0 Å². The molecule has 0 amide bonds. The van der Waals surface area contributed by atoms with Crippen LogP contribution in [0.1, 0.15) is 27.2 Å². The fourth-order valence-electron chi connectivity index (χ4n) is 1.30. The normalized spacial score (nSPS) is 12.6. The van der Waals surface area contributed by atoms with E-state index in [0.717, 1.165) is 6.42 Å². The number of nitrogens with zero attached hydrogens (tertiary/aromatic N) is 3. The number of halogens is 2. The van der Waals surface area contributed by atoms with Gasteiger partial charge in [0.05, 0.1) is 6.10 Å². The molecular weight excluding hydrogens is 284 g/mol. The molecule has 1 heterocycles. The zero-order valence-electron chi connectivity index (χ0n) is 12.3. The zero-order valence-corrected chi connectivity index (χ0v) is 12.3. The maximum Gasteiger partial charge on any atom is 0.323 e. The van der Waals surface area contributed by atoms with E-state index in [2.05, 4.69) is 25.6 Å². The van der Waals surface area contributed by atoms with Gasteiger partial charge in [0.25, 0.3) is 6.43 Å². The Balaban J connectivity index is 2.79.